The summed E-state index contributed by atoms with van der Waals surface area (Å²) >= 11 is 3.30. The molecule has 1 aromatic carbocycles. The molecule has 1 aliphatic rings. The Morgan fingerprint density at radius 2 is 2.07 bits per heavy atom. The third-order valence-electron chi connectivity index (χ3n) is 5.51. The zero-order valence-electron chi connectivity index (χ0n) is 17.7. The summed E-state index contributed by atoms with van der Waals surface area (Å²) in [4.78, 5) is 27.2. The Morgan fingerprint density at radius 1 is 1.31 bits per heavy atom. The van der Waals surface area contributed by atoms with Crippen molar-refractivity contribution in [2.24, 2.45) is 0 Å². The van der Waals surface area contributed by atoms with Gasteiger partial charge in [0.2, 0.25) is 5.91 Å². The number of amides is 1. The molecule has 0 unspecified atom stereocenters. The lowest BCUT2D eigenvalue weighted by Crippen LogP contribution is -2.37. The molecule has 152 valence electrons. The predicted molar refractivity (Wildman–Crippen MR) is 123 cm³/mol. The van der Waals surface area contributed by atoms with Crippen LogP contribution in [0.15, 0.2) is 29.3 Å². The molecule has 4 nitrogen and oxygen atoms in total. The highest BCUT2D eigenvalue weighted by atomic mass is 32.2. The van der Waals surface area contributed by atoms with Crippen molar-refractivity contribution in [2.75, 3.05) is 10.7 Å². The fraction of sp³-hybridized carbons (Fsp3) is 0.435. The predicted octanol–water partition coefficient (Wildman–Crippen LogP) is 5.76. The van der Waals surface area contributed by atoms with Crippen LogP contribution in [0, 0.1) is 6.92 Å². The van der Waals surface area contributed by atoms with Gasteiger partial charge in [0, 0.05) is 27.9 Å². The number of hydrogen-bond donors (Lipinski definition) is 0. The van der Waals surface area contributed by atoms with E-state index in [1.165, 1.54) is 16.0 Å². The van der Waals surface area contributed by atoms with Gasteiger partial charge >= 0.3 is 0 Å². The first-order valence-electron chi connectivity index (χ1n) is 10.2. The molecule has 0 radical (unpaired) electrons. The fourth-order valence-electron chi connectivity index (χ4n) is 4.08. The number of thioether (sulfide) groups is 1. The number of carbonyl (C=O) groups excluding carboxylic acids is 1. The van der Waals surface area contributed by atoms with Crippen LogP contribution in [0.4, 0.5) is 5.69 Å². The second-order valence-electron chi connectivity index (χ2n) is 7.95. The number of thiophene rings is 1. The van der Waals surface area contributed by atoms with Crippen molar-refractivity contribution >= 4 is 44.9 Å². The van der Waals surface area contributed by atoms with E-state index < -0.39 is 0 Å². The number of hydrogen-bond acceptors (Lipinski definition) is 5. The molecular formula is C23H27N3OS2. The molecule has 1 atom stereocenters. The van der Waals surface area contributed by atoms with E-state index >= 15 is 0 Å². The summed E-state index contributed by atoms with van der Waals surface area (Å²) in [6, 6.07) is 8.43. The Kier molecular flexibility index (Phi) is 5.67. The first kappa shape index (κ1) is 20.4. The third kappa shape index (κ3) is 3.68. The van der Waals surface area contributed by atoms with E-state index in [4.69, 9.17) is 9.97 Å². The number of aryl methyl sites for hydroxylation is 2. The van der Waals surface area contributed by atoms with E-state index in [9.17, 15) is 4.79 Å². The quantitative estimate of drug-likeness (QED) is 0.385. The van der Waals surface area contributed by atoms with Crippen molar-refractivity contribution in [3.05, 3.63) is 46.1 Å². The minimum absolute atomic E-state index is 0.148. The van der Waals surface area contributed by atoms with Gasteiger partial charge in [-0.3, -0.25) is 4.79 Å². The molecular weight excluding hydrogens is 398 g/mol. The first-order valence-corrected chi connectivity index (χ1v) is 12.0. The molecule has 1 aliphatic heterocycles. The van der Waals surface area contributed by atoms with E-state index in [-0.39, 0.29) is 17.9 Å². The molecule has 0 saturated carbocycles. The Balaban J connectivity index is 1.65. The summed E-state index contributed by atoms with van der Waals surface area (Å²) in [5.41, 5.74) is 3.63. The van der Waals surface area contributed by atoms with Crippen molar-refractivity contribution in [1.82, 2.24) is 9.97 Å². The Bertz CT molecular complexity index is 1070. The molecule has 29 heavy (non-hydrogen) atoms. The van der Waals surface area contributed by atoms with Crippen molar-refractivity contribution in [3.8, 4) is 0 Å². The zero-order chi connectivity index (χ0) is 20.7. The van der Waals surface area contributed by atoms with Gasteiger partial charge in [0.05, 0.1) is 5.75 Å². The highest BCUT2D eigenvalue weighted by Crippen LogP contribution is 2.38. The number of fused-ring (bicyclic) bond motifs is 2. The average molecular weight is 426 g/mol. The molecule has 3 heterocycles. The number of anilines is 1. The van der Waals surface area contributed by atoms with Gasteiger partial charge in [0.25, 0.3) is 0 Å². The number of carbonyl (C=O) groups is 1. The van der Waals surface area contributed by atoms with Crippen LogP contribution in [0.5, 0.6) is 0 Å². The summed E-state index contributed by atoms with van der Waals surface area (Å²) in [5.74, 6) is 1.65. The first-order chi connectivity index (χ1) is 13.9. The van der Waals surface area contributed by atoms with Crippen molar-refractivity contribution in [2.45, 2.75) is 64.4 Å². The Hall–Kier alpha value is -1.92. The molecule has 0 spiro atoms. The highest BCUT2D eigenvalue weighted by Gasteiger charge is 2.30. The molecule has 0 aliphatic carbocycles. The maximum atomic E-state index is 13.2. The van der Waals surface area contributed by atoms with Crippen molar-refractivity contribution in [3.63, 3.8) is 0 Å². The lowest BCUT2D eigenvalue weighted by molar-refractivity contribution is -0.116. The van der Waals surface area contributed by atoms with E-state index in [0.29, 0.717) is 5.75 Å². The molecule has 0 fully saturated rings. The molecule has 6 heteroatoms. The minimum Gasteiger partial charge on any atom is -0.308 e. The maximum Gasteiger partial charge on any atom is 0.237 e. The van der Waals surface area contributed by atoms with Crippen LogP contribution < -0.4 is 4.90 Å². The maximum absolute atomic E-state index is 13.2. The normalized spacial score (nSPS) is 16.1. The monoisotopic (exact) mass is 425 g/mol. The highest BCUT2D eigenvalue weighted by molar-refractivity contribution is 8.00. The molecule has 0 saturated heterocycles. The number of para-hydroxylation sites is 1. The van der Waals surface area contributed by atoms with Crippen LogP contribution in [0.1, 0.15) is 55.4 Å². The second kappa shape index (κ2) is 8.07. The van der Waals surface area contributed by atoms with Crippen LogP contribution >= 0.6 is 23.1 Å². The fourth-order valence-corrected chi connectivity index (χ4v) is 6.19. The standard InChI is InChI=1S/C23H27N3OS2/c1-6-17-15(5)29-23-20(17)22(24-21(25-23)13(2)3)28-12-19(27)26-14(4)11-16-9-7-8-10-18(16)26/h7-10,13-14H,6,11-12H2,1-5H3/t14-/m1/s1. The van der Waals surface area contributed by atoms with Crippen LogP contribution in [-0.4, -0.2) is 27.7 Å². The molecule has 4 rings (SSSR count). The van der Waals surface area contributed by atoms with Gasteiger partial charge in [-0.05, 0) is 43.9 Å². The zero-order valence-corrected chi connectivity index (χ0v) is 19.3. The van der Waals surface area contributed by atoms with Crippen LogP contribution in [0.25, 0.3) is 10.2 Å². The Labute approximate surface area is 180 Å². The molecule has 2 aromatic heterocycles. The van der Waals surface area contributed by atoms with Gasteiger partial charge in [-0.25, -0.2) is 9.97 Å². The third-order valence-corrected chi connectivity index (χ3v) is 7.52. The lowest BCUT2D eigenvalue weighted by Gasteiger charge is -2.22. The summed E-state index contributed by atoms with van der Waals surface area (Å²) in [7, 11) is 0. The topological polar surface area (TPSA) is 46.1 Å². The summed E-state index contributed by atoms with van der Waals surface area (Å²) in [5, 5.41) is 2.10. The van der Waals surface area contributed by atoms with Crippen LogP contribution in [-0.2, 0) is 17.6 Å². The van der Waals surface area contributed by atoms with Crippen molar-refractivity contribution < 1.29 is 4.79 Å². The second-order valence-corrected chi connectivity index (χ2v) is 10.1. The average Bonchev–Trinajstić information content (AvgIpc) is 3.20. The van der Waals surface area contributed by atoms with Gasteiger partial charge in [0.15, 0.2) is 0 Å². The number of benzene rings is 1. The van der Waals surface area contributed by atoms with Crippen LogP contribution in [0.3, 0.4) is 0 Å². The minimum atomic E-state index is 0.148. The summed E-state index contributed by atoms with van der Waals surface area (Å²) < 4.78 is 0. The molecule has 0 bridgehead atoms. The summed E-state index contributed by atoms with van der Waals surface area (Å²) in [6.45, 7) is 10.7. The SMILES string of the molecule is CCc1c(C)sc2nc(C(C)C)nc(SCC(=O)N3c4ccccc4C[C@H]3C)c12. The van der Waals surface area contributed by atoms with Gasteiger partial charge < -0.3 is 4.90 Å². The molecule has 3 aromatic rings. The molecule has 0 N–H and O–H groups in total. The summed E-state index contributed by atoms with van der Waals surface area (Å²) in [6.07, 6.45) is 1.87. The van der Waals surface area contributed by atoms with Crippen molar-refractivity contribution in [1.29, 1.82) is 0 Å². The smallest absolute Gasteiger partial charge is 0.237 e. The van der Waals surface area contributed by atoms with E-state index in [1.807, 2.05) is 17.0 Å². The molecule has 1 amide bonds. The van der Waals surface area contributed by atoms with Gasteiger partial charge in [-0.2, -0.15) is 0 Å². The number of rotatable bonds is 5. The van der Waals surface area contributed by atoms with Gasteiger partial charge in [0.1, 0.15) is 15.7 Å². The Morgan fingerprint density at radius 3 is 2.79 bits per heavy atom. The number of nitrogens with zero attached hydrogens (tertiary/aromatic N) is 3. The lowest BCUT2D eigenvalue weighted by atomic mass is 10.1. The van der Waals surface area contributed by atoms with E-state index in [2.05, 4.69) is 46.8 Å². The van der Waals surface area contributed by atoms with E-state index in [0.717, 1.165) is 39.6 Å². The van der Waals surface area contributed by atoms with E-state index in [1.54, 1.807) is 23.1 Å². The number of aromatic nitrogens is 2. The van der Waals surface area contributed by atoms with Crippen LogP contribution in [0.2, 0.25) is 0 Å². The van der Waals surface area contributed by atoms with Gasteiger partial charge in [-0.15, -0.1) is 11.3 Å². The largest absolute Gasteiger partial charge is 0.308 e. The van der Waals surface area contributed by atoms with Gasteiger partial charge in [-0.1, -0.05) is 50.7 Å².